The highest BCUT2D eigenvalue weighted by molar-refractivity contribution is 5.46. The van der Waals surface area contributed by atoms with Gasteiger partial charge in [-0.2, -0.15) is 5.26 Å². The summed E-state index contributed by atoms with van der Waals surface area (Å²) in [6.07, 6.45) is 4.94. The molecule has 1 aromatic rings. The van der Waals surface area contributed by atoms with Crippen LogP contribution >= 0.6 is 0 Å². The Labute approximate surface area is 113 Å². The molecule has 0 aromatic carbocycles. The molecule has 0 saturated carbocycles. The summed E-state index contributed by atoms with van der Waals surface area (Å²) < 4.78 is 5.34. The Morgan fingerprint density at radius 3 is 2.74 bits per heavy atom. The predicted molar refractivity (Wildman–Crippen MR) is 72.8 cm³/mol. The van der Waals surface area contributed by atoms with E-state index in [0.29, 0.717) is 5.82 Å². The Hall–Kier alpha value is -1.87. The lowest BCUT2D eigenvalue weighted by atomic mass is 9.97. The van der Waals surface area contributed by atoms with Crippen LogP contribution in [-0.2, 0) is 4.74 Å². The van der Waals surface area contributed by atoms with Gasteiger partial charge < -0.3 is 15.4 Å². The van der Waals surface area contributed by atoms with Crippen molar-refractivity contribution in [2.75, 3.05) is 36.9 Å². The summed E-state index contributed by atoms with van der Waals surface area (Å²) in [5, 5.41) is 14.7. The molecule has 0 bridgehead atoms. The van der Waals surface area contributed by atoms with E-state index in [1.165, 1.54) is 6.33 Å². The topological polar surface area (TPSA) is 82.9 Å². The molecular weight excluding hydrogens is 242 g/mol. The van der Waals surface area contributed by atoms with Crippen molar-refractivity contribution in [1.82, 2.24) is 9.97 Å². The zero-order chi connectivity index (χ0) is 13.3. The fourth-order valence-electron chi connectivity index (χ4n) is 2.12. The van der Waals surface area contributed by atoms with Gasteiger partial charge >= 0.3 is 0 Å². The third kappa shape index (κ3) is 4.72. The van der Waals surface area contributed by atoms with E-state index in [2.05, 4.69) is 20.6 Å². The van der Waals surface area contributed by atoms with Crippen LogP contribution < -0.4 is 10.6 Å². The van der Waals surface area contributed by atoms with Crippen LogP contribution in [0.2, 0.25) is 0 Å². The summed E-state index contributed by atoms with van der Waals surface area (Å²) in [6.45, 7) is 2.93. The van der Waals surface area contributed by atoms with Gasteiger partial charge in [0, 0.05) is 25.8 Å². The lowest BCUT2D eigenvalue weighted by Crippen LogP contribution is -2.18. The molecule has 2 N–H and O–H groups in total. The highest BCUT2D eigenvalue weighted by atomic mass is 16.5. The molecule has 1 aliphatic rings. The minimum absolute atomic E-state index is 0.249. The lowest BCUT2D eigenvalue weighted by molar-refractivity contribution is 0.0649. The maximum atomic E-state index is 8.50. The lowest BCUT2D eigenvalue weighted by Gasteiger charge is -2.21. The number of ether oxygens (including phenoxy) is 1. The smallest absolute Gasteiger partial charge is 0.132 e. The van der Waals surface area contributed by atoms with Crippen LogP contribution in [0, 0.1) is 17.2 Å². The van der Waals surface area contributed by atoms with E-state index in [9.17, 15) is 0 Å². The zero-order valence-electron chi connectivity index (χ0n) is 10.9. The molecule has 1 aliphatic heterocycles. The van der Waals surface area contributed by atoms with Gasteiger partial charge in [0.2, 0.25) is 0 Å². The van der Waals surface area contributed by atoms with E-state index < -0.39 is 0 Å². The van der Waals surface area contributed by atoms with Gasteiger partial charge in [0.15, 0.2) is 0 Å². The van der Waals surface area contributed by atoms with Gasteiger partial charge in [0.05, 0.1) is 6.07 Å². The van der Waals surface area contributed by atoms with Crippen molar-refractivity contribution >= 4 is 11.6 Å². The maximum absolute atomic E-state index is 8.50. The van der Waals surface area contributed by atoms with Crippen LogP contribution in [0.5, 0.6) is 0 Å². The number of nitrogens with zero attached hydrogens (tertiary/aromatic N) is 3. The zero-order valence-corrected chi connectivity index (χ0v) is 10.9. The van der Waals surface area contributed by atoms with Crippen LogP contribution in [0.1, 0.15) is 19.3 Å². The molecule has 2 rings (SSSR count). The summed E-state index contributed by atoms with van der Waals surface area (Å²) in [6, 6.07) is 3.84. The molecule has 0 amide bonds. The van der Waals surface area contributed by atoms with Crippen molar-refractivity contribution in [3.8, 4) is 6.07 Å². The quantitative estimate of drug-likeness (QED) is 0.757. The molecule has 0 spiro atoms. The molecule has 6 heteroatoms. The summed E-state index contributed by atoms with van der Waals surface area (Å²) in [5.74, 6) is 2.21. The Kier molecular flexibility index (Phi) is 5.38. The van der Waals surface area contributed by atoms with Gasteiger partial charge in [-0.3, -0.25) is 0 Å². The molecule has 102 valence electrons. The molecule has 0 radical (unpaired) electrons. The number of nitriles is 1. The predicted octanol–water partition coefficient (Wildman–Crippen LogP) is 1.64. The highest BCUT2D eigenvalue weighted by Gasteiger charge is 2.13. The van der Waals surface area contributed by atoms with Crippen molar-refractivity contribution in [3.05, 3.63) is 12.4 Å². The second-order valence-corrected chi connectivity index (χ2v) is 4.57. The number of rotatable bonds is 6. The third-order valence-electron chi connectivity index (χ3n) is 3.22. The van der Waals surface area contributed by atoms with E-state index >= 15 is 0 Å². The van der Waals surface area contributed by atoms with Gasteiger partial charge in [-0.05, 0) is 25.2 Å². The Morgan fingerprint density at radius 1 is 1.26 bits per heavy atom. The van der Waals surface area contributed by atoms with E-state index in [4.69, 9.17) is 10.00 Å². The number of nitrogens with one attached hydrogen (secondary N) is 2. The molecule has 19 heavy (non-hydrogen) atoms. The molecule has 1 aromatic heterocycles. The maximum Gasteiger partial charge on any atom is 0.132 e. The summed E-state index contributed by atoms with van der Waals surface area (Å²) in [5.41, 5.74) is 0. The average Bonchev–Trinajstić information content (AvgIpc) is 2.47. The average molecular weight is 261 g/mol. The van der Waals surface area contributed by atoms with Gasteiger partial charge in [-0.1, -0.05) is 0 Å². The minimum atomic E-state index is 0.249. The standard InChI is InChI=1S/C13H19N5O/c14-4-6-16-13-9-12(17-10-18-13)15-5-1-11-2-7-19-8-3-11/h9-11H,1-3,5-8H2,(H2,15,16,17,18). The summed E-state index contributed by atoms with van der Waals surface area (Å²) in [7, 11) is 0. The monoisotopic (exact) mass is 261 g/mol. The van der Waals surface area contributed by atoms with Crippen molar-refractivity contribution in [2.24, 2.45) is 5.92 Å². The van der Waals surface area contributed by atoms with Crippen LogP contribution in [0.15, 0.2) is 12.4 Å². The number of hydrogen-bond donors (Lipinski definition) is 2. The van der Waals surface area contributed by atoms with Crippen LogP contribution in [0.25, 0.3) is 0 Å². The van der Waals surface area contributed by atoms with Gasteiger partial charge in [-0.15, -0.1) is 0 Å². The normalized spacial score (nSPS) is 15.7. The molecule has 0 atom stereocenters. The van der Waals surface area contributed by atoms with E-state index in [-0.39, 0.29) is 6.54 Å². The number of hydrogen-bond acceptors (Lipinski definition) is 6. The molecule has 1 saturated heterocycles. The van der Waals surface area contributed by atoms with Crippen molar-refractivity contribution in [3.63, 3.8) is 0 Å². The largest absolute Gasteiger partial charge is 0.381 e. The Bertz CT molecular complexity index is 425. The van der Waals surface area contributed by atoms with Crippen molar-refractivity contribution in [2.45, 2.75) is 19.3 Å². The first kappa shape index (κ1) is 13.6. The molecule has 0 aliphatic carbocycles. The van der Waals surface area contributed by atoms with Crippen molar-refractivity contribution in [1.29, 1.82) is 5.26 Å². The van der Waals surface area contributed by atoms with Gasteiger partial charge in [0.25, 0.3) is 0 Å². The van der Waals surface area contributed by atoms with Crippen LogP contribution in [0.3, 0.4) is 0 Å². The highest BCUT2D eigenvalue weighted by Crippen LogP contribution is 2.18. The van der Waals surface area contributed by atoms with E-state index in [0.717, 1.165) is 50.8 Å². The minimum Gasteiger partial charge on any atom is -0.381 e. The number of aromatic nitrogens is 2. The number of anilines is 2. The third-order valence-corrected chi connectivity index (χ3v) is 3.22. The fraction of sp³-hybridized carbons (Fsp3) is 0.615. The van der Waals surface area contributed by atoms with Crippen molar-refractivity contribution < 1.29 is 4.74 Å². The van der Waals surface area contributed by atoms with Gasteiger partial charge in [-0.25, -0.2) is 9.97 Å². The first-order chi connectivity index (χ1) is 9.38. The summed E-state index contributed by atoms with van der Waals surface area (Å²) in [4.78, 5) is 8.21. The first-order valence-corrected chi connectivity index (χ1v) is 6.63. The molecule has 1 fully saturated rings. The Morgan fingerprint density at radius 2 is 2.00 bits per heavy atom. The SMILES string of the molecule is N#CCNc1cc(NCCC2CCOCC2)ncn1. The van der Waals surface area contributed by atoms with Crippen LogP contribution in [0.4, 0.5) is 11.6 Å². The molecule has 6 nitrogen and oxygen atoms in total. The van der Waals surface area contributed by atoms with E-state index in [1.807, 2.05) is 12.1 Å². The van der Waals surface area contributed by atoms with Gasteiger partial charge in [0.1, 0.15) is 24.5 Å². The van der Waals surface area contributed by atoms with Crippen LogP contribution in [-0.4, -0.2) is 36.3 Å². The molecular formula is C13H19N5O. The second kappa shape index (κ2) is 7.54. The molecule has 0 unspecified atom stereocenters. The molecule has 2 heterocycles. The Balaban J connectivity index is 1.74. The fourth-order valence-corrected chi connectivity index (χ4v) is 2.12. The summed E-state index contributed by atoms with van der Waals surface area (Å²) >= 11 is 0. The first-order valence-electron chi connectivity index (χ1n) is 6.63. The van der Waals surface area contributed by atoms with E-state index in [1.54, 1.807) is 0 Å². The second-order valence-electron chi connectivity index (χ2n) is 4.57.